The van der Waals surface area contributed by atoms with Gasteiger partial charge in [-0.3, -0.25) is 4.79 Å². The van der Waals surface area contributed by atoms with Crippen LogP contribution in [0.25, 0.3) is 27.9 Å². The number of carbonyl (C=O) groups is 1. The maximum absolute atomic E-state index is 12.7. The van der Waals surface area contributed by atoms with E-state index < -0.39 is 0 Å². The van der Waals surface area contributed by atoms with E-state index >= 15 is 0 Å². The van der Waals surface area contributed by atoms with Crippen molar-refractivity contribution in [2.45, 2.75) is 26.3 Å². The average Bonchev–Trinajstić information content (AvgIpc) is 3.04. The molecule has 1 heterocycles. The number of carbonyl (C=O) groups excluding carboxylic acids is 1. The van der Waals surface area contributed by atoms with Gasteiger partial charge in [0.05, 0.1) is 0 Å². The molecule has 0 aliphatic carbocycles. The summed E-state index contributed by atoms with van der Waals surface area (Å²) in [6.45, 7) is 3.21. The van der Waals surface area contributed by atoms with E-state index in [1.54, 1.807) is 6.08 Å². The minimum Gasteiger partial charge on any atom is -0.340 e. The fraction of sp³-hybridized carbons (Fsp3) is 0.160. The van der Waals surface area contributed by atoms with Crippen LogP contribution < -0.4 is 0 Å². The van der Waals surface area contributed by atoms with Crippen LogP contribution >= 0.6 is 0 Å². The quantitative estimate of drug-likeness (QED) is 0.287. The first-order chi connectivity index (χ1) is 13.3. The minimum absolute atomic E-state index is 0.0335. The number of rotatable bonds is 6. The van der Waals surface area contributed by atoms with Gasteiger partial charge in [-0.1, -0.05) is 68.0 Å². The van der Waals surface area contributed by atoms with Crippen molar-refractivity contribution in [3.05, 3.63) is 90.0 Å². The Morgan fingerprint density at radius 2 is 1.63 bits per heavy atom. The summed E-state index contributed by atoms with van der Waals surface area (Å²) in [5, 5.41) is 2.37. The SMILES string of the molecule is CCCCn1c2ccccc2c2cc(C(=O)/C=C/c3ccccc3)ccc21. The molecule has 4 aromatic rings. The molecule has 0 radical (unpaired) electrons. The number of ketones is 1. The molecule has 0 bridgehead atoms. The zero-order valence-corrected chi connectivity index (χ0v) is 15.6. The van der Waals surface area contributed by atoms with Crippen LogP contribution in [-0.2, 0) is 6.54 Å². The summed E-state index contributed by atoms with van der Waals surface area (Å²) in [4.78, 5) is 12.7. The second-order valence-electron chi connectivity index (χ2n) is 6.86. The number of hydrogen-bond donors (Lipinski definition) is 0. The van der Waals surface area contributed by atoms with Crippen molar-refractivity contribution in [2.24, 2.45) is 0 Å². The number of nitrogens with zero attached hydrogens (tertiary/aromatic N) is 1. The highest BCUT2D eigenvalue weighted by molar-refractivity contribution is 6.13. The van der Waals surface area contributed by atoms with Crippen molar-refractivity contribution < 1.29 is 4.79 Å². The van der Waals surface area contributed by atoms with Crippen molar-refractivity contribution >= 4 is 33.7 Å². The van der Waals surface area contributed by atoms with E-state index in [0.717, 1.165) is 35.9 Å². The summed E-state index contributed by atoms with van der Waals surface area (Å²) in [5.74, 6) is 0.0335. The maximum atomic E-state index is 12.7. The van der Waals surface area contributed by atoms with E-state index in [1.807, 2.05) is 48.5 Å². The van der Waals surface area contributed by atoms with Crippen LogP contribution in [0.1, 0.15) is 35.7 Å². The lowest BCUT2D eigenvalue weighted by atomic mass is 10.1. The van der Waals surface area contributed by atoms with Crippen molar-refractivity contribution in [1.82, 2.24) is 4.57 Å². The highest BCUT2D eigenvalue weighted by Crippen LogP contribution is 2.30. The van der Waals surface area contributed by atoms with Gasteiger partial charge in [0.25, 0.3) is 0 Å². The molecule has 27 heavy (non-hydrogen) atoms. The minimum atomic E-state index is 0.0335. The number of hydrogen-bond acceptors (Lipinski definition) is 1. The van der Waals surface area contributed by atoms with Crippen LogP contribution in [0.4, 0.5) is 0 Å². The molecule has 0 spiro atoms. The number of aromatic nitrogens is 1. The molecule has 0 saturated carbocycles. The molecule has 0 aliphatic heterocycles. The second-order valence-corrected chi connectivity index (χ2v) is 6.86. The van der Waals surface area contributed by atoms with Gasteiger partial charge in [-0.25, -0.2) is 0 Å². The third-order valence-electron chi connectivity index (χ3n) is 5.02. The second kappa shape index (κ2) is 7.63. The highest BCUT2D eigenvalue weighted by atomic mass is 16.1. The lowest BCUT2D eigenvalue weighted by Gasteiger charge is -2.06. The Kier molecular flexibility index (Phi) is 4.88. The Bertz CT molecular complexity index is 1120. The van der Waals surface area contributed by atoms with Gasteiger partial charge >= 0.3 is 0 Å². The zero-order chi connectivity index (χ0) is 18.6. The normalized spacial score (nSPS) is 11.6. The average molecular weight is 353 g/mol. The van der Waals surface area contributed by atoms with Crippen LogP contribution in [0.3, 0.4) is 0 Å². The number of benzene rings is 3. The number of para-hydroxylation sites is 1. The molecule has 0 unspecified atom stereocenters. The van der Waals surface area contributed by atoms with Gasteiger partial charge in [-0.05, 0) is 42.3 Å². The van der Waals surface area contributed by atoms with Gasteiger partial charge in [0, 0.05) is 33.9 Å². The lowest BCUT2D eigenvalue weighted by molar-refractivity contribution is 0.104. The fourth-order valence-electron chi connectivity index (χ4n) is 3.60. The summed E-state index contributed by atoms with van der Waals surface area (Å²) < 4.78 is 2.38. The monoisotopic (exact) mass is 353 g/mol. The summed E-state index contributed by atoms with van der Waals surface area (Å²) in [6.07, 6.45) is 5.84. The fourth-order valence-corrected chi connectivity index (χ4v) is 3.60. The first-order valence-corrected chi connectivity index (χ1v) is 9.56. The molecule has 134 valence electrons. The predicted molar refractivity (Wildman–Crippen MR) is 114 cm³/mol. The van der Waals surface area contributed by atoms with E-state index in [2.05, 4.69) is 41.8 Å². The Hall–Kier alpha value is -3.13. The molecule has 3 aromatic carbocycles. The third kappa shape index (κ3) is 3.43. The van der Waals surface area contributed by atoms with Crippen LogP contribution in [-0.4, -0.2) is 10.4 Å². The number of aryl methyl sites for hydroxylation is 1. The molecule has 2 nitrogen and oxygen atoms in total. The van der Waals surface area contributed by atoms with Gasteiger partial charge in [-0.2, -0.15) is 0 Å². The first kappa shape index (κ1) is 17.3. The zero-order valence-electron chi connectivity index (χ0n) is 15.6. The first-order valence-electron chi connectivity index (χ1n) is 9.56. The molecular weight excluding hydrogens is 330 g/mol. The van der Waals surface area contributed by atoms with E-state index in [-0.39, 0.29) is 5.78 Å². The third-order valence-corrected chi connectivity index (χ3v) is 5.02. The van der Waals surface area contributed by atoms with Crippen LogP contribution in [0, 0.1) is 0 Å². The van der Waals surface area contributed by atoms with Gasteiger partial charge in [0.15, 0.2) is 5.78 Å². The molecule has 4 rings (SSSR count). The number of allylic oxidation sites excluding steroid dienone is 1. The van der Waals surface area contributed by atoms with Gasteiger partial charge in [0.1, 0.15) is 0 Å². The molecule has 0 atom stereocenters. The molecule has 0 amide bonds. The Morgan fingerprint density at radius 3 is 2.44 bits per heavy atom. The van der Waals surface area contributed by atoms with Crippen molar-refractivity contribution in [3.63, 3.8) is 0 Å². The van der Waals surface area contributed by atoms with E-state index in [0.29, 0.717) is 0 Å². The van der Waals surface area contributed by atoms with Crippen LogP contribution in [0.15, 0.2) is 78.9 Å². The van der Waals surface area contributed by atoms with Crippen LogP contribution in [0.5, 0.6) is 0 Å². The molecule has 0 N–H and O–H groups in total. The summed E-state index contributed by atoms with van der Waals surface area (Å²) >= 11 is 0. The Morgan fingerprint density at radius 1 is 0.889 bits per heavy atom. The molecule has 0 fully saturated rings. The molecule has 1 aromatic heterocycles. The predicted octanol–water partition coefficient (Wildman–Crippen LogP) is 6.49. The summed E-state index contributed by atoms with van der Waals surface area (Å²) in [7, 11) is 0. The molecule has 2 heteroatoms. The van der Waals surface area contributed by atoms with Crippen LogP contribution in [0.2, 0.25) is 0 Å². The topological polar surface area (TPSA) is 22.0 Å². The van der Waals surface area contributed by atoms with Crippen molar-refractivity contribution in [3.8, 4) is 0 Å². The van der Waals surface area contributed by atoms with Crippen molar-refractivity contribution in [2.75, 3.05) is 0 Å². The van der Waals surface area contributed by atoms with Gasteiger partial charge < -0.3 is 4.57 Å². The summed E-state index contributed by atoms with van der Waals surface area (Å²) in [6, 6.07) is 24.4. The van der Waals surface area contributed by atoms with E-state index in [9.17, 15) is 4.79 Å². The number of fused-ring (bicyclic) bond motifs is 3. The Labute approximate surface area is 159 Å². The standard InChI is InChI=1S/C25H23NO/c1-2-3-17-26-23-12-8-7-11-21(23)22-18-20(14-15-24(22)26)25(27)16-13-19-9-5-4-6-10-19/h4-16,18H,2-3,17H2,1H3/b16-13+. The Balaban J connectivity index is 1.75. The smallest absolute Gasteiger partial charge is 0.185 e. The van der Waals surface area contributed by atoms with Gasteiger partial charge in [0.2, 0.25) is 0 Å². The van der Waals surface area contributed by atoms with Gasteiger partial charge in [-0.15, -0.1) is 0 Å². The van der Waals surface area contributed by atoms with E-state index in [4.69, 9.17) is 0 Å². The number of unbranched alkanes of at least 4 members (excludes halogenated alkanes) is 1. The maximum Gasteiger partial charge on any atom is 0.185 e. The van der Waals surface area contributed by atoms with E-state index in [1.165, 1.54) is 16.4 Å². The largest absolute Gasteiger partial charge is 0.340 e. The lowest BCUT2D eigenvalue weighted by Crippen LogP contribution is -1.98. The molecule has 0 saturated heterocycles. The highest BCUT2D eigenvalue weighted by Gasteiger charge is 2.12. The van der Waals surface area contributed by atoms with Crippen molar-refractivity contribution in [1.29, 1.82) is 0 Å². The summed E-state index contributed by atoms with van der Waals surface area (Å²) in [5.41, 5.74) is 4.20. The molecule has 0 aliphatic rings. The molecular formula is C25H23NO.